The number of pyridine rings is 1. The molecule has 2 heterocycles. The topological polar surface area (TPSA) is 90.1 Å². The Hall–Kier alpha value is -2.45. The van der Waals surface area contributed by atoms with Gasteiger partial charge in [0.05, 0.1) is 10.7 Å². The summed E-state index contributed by atoms with van der Waals surface area (Å²) in [5, 5.41) is 3.39. The van der Waals surface area contributed by atoms with Crippen molar-refractivity contribution >= 4 is 50.0 Å². The maximum atomic E-state index is 13.4. The van der Waals surface area contributed by atoms with E-state index in [4.69, 9.17) is 22.1 Å². The number of nitrogen functional groups attached to an aromatic ring is 1. The van der Waals surface area contributed by atoms with E-state index in [2.05, 4.69) is 15.3 Å². The third-order valence-corrected chi connectivity index (χ3v) is 4.85. The largest absolute Gasteiger partial charge is 0.437 e. The Morgan fingerprint density at radius 3 is 2.92 bits per heavy atom. The average molecular weight is 379 g/mol. The van der Waals surface area contributed by atoms with Crippen molar-refractivity contribution in [2.24, 2.45) is 5.92 Å². The van der Waals surface area contributed by atoms with Gasteiger partial charge in [0.15, 0.2) is 5.13 Å². The van der Waals surface area contributed by atoms with Crippen molar-refractivity contribution in [2.75, 3.05) is 11.1 Å². The van der Waals surface area contributed by atoms with E-state index in [1.807, 2.05) is 0 Å². The van der Waals surface area contributed by atoms with Gasteiger partial charge in [-0.3, -0.25) is 4.79 Å². The lowest BCUT2D eigenvalue weighted by molar-refractivity contribution is -0.117. The molecule has 2 aromatic heterocycles. The summed E-state index contributed by atoms with van der Waals surface area (Å²) in [5.74, 6) is -0.0448. The van der Waals surface area contributed by atoms with Gasteiger partial charge in [-0.2, -0.15) is 0 Å². The van der Waals surface area contributed by atoms with Crippen LogP contribution in [0.4, 0.5) is 15.2 Å². The number of amides is 1. The number of carbonyl (C=O) groups excluding carboxylic acids is 1. The Morgan fingerprint density at radius 1 is 1.36 bits per heavy atom. The summed E-state index contributed by atoms with van der Waals surface area (Å²) >= 11 is 7.21. The van der Waals surface area contributed by atoms with E-state index in [0.29, 0.717) is 15.5 Å². The lowest BCUT2D eigenvalue weighted by Gasteiger charge is -2.08. The molecule has 0 saturated heterocycles. The first-order valence-electron chi connectivity index (χ1n) is 7.50. The Balaban J connectivity index is 1.58. The number of halogens is 2. The quantitative estimate of drug-likeness (QED) is 0.664. The number of aromatic nitrogens is 2. The van der Waals surface area contributed by atoms with Gasteiger partial charge in [-0.15, -0.1) is 0 Å². The van der Waals surface area contributed by atoms with Crippen molar-refractivity contribution in [3.8, 4) is 11.6 Å². The molecule has 0 atom stereocenters. The SMILES string of the molecule is Nc1cc(Oc2ccc3nc(NC(=O)C4CC4)sc3n2)c(Cl)cc1F. The second kappa shape index (κ2) is 6.12. The summed E-state index contributed by atoms with van der Waals surface area (Å²) in [6.45, 7) is 0. The lowest BCUT2D eigenvalue weighted by Crippen LogP contribution is -2.12. The molecular formula is C16H12ClFN4O2S. The number of benzene rings is 1. The number of rotatable bonds is 4. The van der Waals surface area contributed by atoms with Crippen molar-refractivity contribution in [1.82, 2.24) is 9.97 Å². The van der Waals surface area contributed by atoms with E-state index < -0.39 is 5.82 Å². The zero-order chi connectivity index (χ0) is 17.6. The third-order valence-electron chi connectivity index (χ3n) is 3.67. The molecule has 1 aliphatic carbocycles. The number of hydrogen-bond donors (Lipinski definition) is 2. The van der Waals surface area contributed by atoms with Gasteiger partial charge >= 0.3 is 0 Å². The fraction of sp³-hybridized carbons (Fsp3) is 0.188. The monoisotopic (exact) mass is 378 g/mol. The molecule has 3 aromatic rings. The number of carbonyl (C=O) groups is 1. The maximum absolute atomic E-state index is 13.4. The van der Waals surface area contributed by atoms with E-state index in [9.17, 15) is 9.18 Å². The van der Waals surface area contributed by atoms with Crippen LogP contribution < -0.4 is 15.8 Å². The summed E-state index contributed by atoms with van der Waals surface area (Å²) in [4.78, 5) is 21.1. The number of nitrogens with two attached hydrogens (primary N) is 1. The second-order valence-electron chi connectivity index (χ2n) is 5.66. The molecule has 25 heavy (non-hydrogen) atoms. The van der Waals surface area contributed by atoms with Crippen molar-refractivity contribution in [3.63, 3.8) is 0 Å². The maximum Gasteiger partial charge on any atom is 0.229 e. The Morgan fingerprint density at radius 2 is 2.16 bits per heavy atom. The molecule has 0 radical (unpaired) electrons. The van der Waals surface area contributed by atoms with Crippen molar-refractivity contribution in [1.29, 1.82) is 0 Å². The van der Waals surface area contributed by atoms with Crippen molar-refractivity contribution in [2.45, 2.75) is 12.8 Å². The highest BCUT2D eigenvalue weighted by Crippen LogP contribution is 2.35. The number of hydrogen-bond acceptors (Lipinski definition) is 6. The number of ether oxygens (including phenoxy) is 1. The first kappa shape index (κ1) is 16.0. The molecule has 0 aliphatic heterocycles. The predicted octanol–water partition coefficient (Wildman–Crippen LogP) is 4.21. The first-order chi connectivity index (χ1) is 12.0. The van der Waals surface area contributed by atoms with E-state index in [0.717, 1.165) is 18.9 Å². The summed E-state index contributed by atoms with van der Waals surface area (Å²) < 4.78 is 18.9. The molecule has 1 aliphatic rings. The second-order valence-corrected chi connectivity index (χ2v) is 7.05. The van der Waals surface area contributed by atoms with Crippen LogP contribution in [0.2, 0.25) is 5.02 Å². The van der Waals surface area contributed by atoms with Gasteiger partial charge in [0.1, 0.15) is 21.9 Å². The molecule has 128 valence electrons. The highest BCUT2D eigenvalue weighted by atomic mass is 35.5. The molecular weight excluding hydrogens is 367 g/mol. The zero-order valence-electron chi connectivity index (χ0n) is 12.8. The van der Waals surface area contributed by atoms with Crippen LogP contribution in [-0.4, -0.2) is 15.9 Å². The van der Waals surface area contributed by atoms with Gasteiger partial charge in [-0.1, -0.05) is 22.9 Å². The van der Waals surface area contributed by atoms with Crippen LogP contribution in [0.25, 0.3) is 10.3 Å². The summed E-state index contributed by atoms with van der Waals surface area (Å²) in [7, 11) is 0. The minimum atomic E-state index is -0.612. The molecule has 0 bridgehead atoms. The molecule has 9 heteroatoms. The van der Waals surface area contributed by atoms with Gasteiger partial charge in [0.25, 0.3) is 0 Å². The molecule has 1 aromatic carbocycles. The van der Waals surface area contributed by atoms with Gasteiger partial charge in [-0.05, 0) is 25.0 Å². The van der Waals surface area contributed by atoms with E-state index in [-0.39, 0.29) is 34.2 Å². The highest BCUT2D eigenvalue weighted by molar-refractivity contribution is 7.21. The van der Waals surface area contributed by atoms with Gasteiger partial charge in [0.2, 0.25) is 11.8 Å². The highest BCUT2D eigenvalue weighted by Gasteiger charge is 2.30. The molecule has 3 N–H and O–H groups in total. The van der Waals surface area contributed by atoms with Gasteiger partial charge < -0.3 is 15.8 Å². The Kier molecular flexibility index (Phi) is 3.93. The van der Waals surface area contributed by atoms with Crippen LogP contribution in [-0.2, 0) is 4.79 Å². The van der Waals surface area contributed by atoms with E-state index in [1.165, 1.54) is 17.4 Å². The number of anilines is 2. The fourth-order valence-electron chi connectivity index (χ4n) is 2.20. The zero-order valence-corrected chi connectivity index (χ0v) is 14.3. The third kappa shape index (κ3) is 3.35. The number of thiazole rings is 1. The summed E-state index contributed by atoms with van der Waals surface area (Å²) in [6.07, 6.45) is 1.85. The number of nitrogens with zero attached hydrogens (tertiary/aromatic N) is 2. The van der Waals surface area contributed by atoms with Gasteiger partial charge in [-0.25, -0.2) is 14.4 Å². The van der Waals surface area contributed by atoms with E-state index in [1.54, 1.807) is 12.1 Å². The molecule has 1 fully saturated rings. The molecule has 6 nitrogen and oxygen atoms in total. The van der Waals surface area contributed by atoms with Crippen LogP contribution in [0.15, 0.2) is 24.3 Å². The van der Waals surface area contributed by atoms with Crippen LogP contribution in [0, 0.1) is 11.7 Å². The first-order valence-corrected chi connectivity index (χ1v) is 8.70. The van der Waals surface area contributed by atoms with Crippen molar-refractivity contribution in [3.05, 3.63) is 35.1 Å². The van der Waals surface area contributed by atoms with Crippen molar-refractivity contribution < 1.29 is 13.9 Å². The predicted molar refractivity (Wildman–Crippen MR) is 94.7 cm³/mol. The summed E-state index contributed by atoms with van der Waals surface area (Å²) in [6, 6.07) is 5.73. The minimum Gasteiger partial charge on any atom is -0.437 e. The Labute approximate surface area is 150 Å². The van der Waals surface area contributed by atoms with Crippen LogP contribution in [0.1, 0.15) is 12.8 Å². The van der Waals surface area contributed by atoms with Crippen LogP contribution >= 0.6 is 22.9 Å². The lowest BCUT2D eigenvalue weighted by atomic mass is 10.3. The molecule has 1 amide bonds. The van der Waals surface area contributed by atoms with Gasteiger partial charge in [0, 0.05) is 18.1 Å². The summed E-state index contributed by atoms with van der Waals surface area (Å²) in [5.41, 5.74) is 6.11. The fourth-order valence-corrected chi connectivity index (χ4v) is 3.22. The molecule has 4 rings (SSSR count). The van der Waals surface area contributed by atoms with Crippen LogP contribution in [0.5, 0.6) is 11.6 Å². The minimum absolute atomic E-state index is 0.0101. The number of nitrogens with one attached hydrogen (secondary N) is 1. The number of fused-ring (bicyclic) bond motifs is 1. The standard InChI is InChI=1S/C16H12ClFN4O2S/c17-8-5-9(18)10(19)6-12(8)24-13-4-3-11-15(21-13)25-16(20-11)22-14(23)7-1-2-7/h3-7H,1-2,19H2,(H,20,22,23). The molecule has 1 saturated carbocycles. The van der Waals surface area contributed by atoms with E-state index >= 15 is 0 Å². The smallest absolute Gasteiger partial charge is 0.229 e. The van der Waals surface area contributed by atoms with Crippen LogP contribution in [0.3, 0.4) is 0 Å². The average Bonchev–Trinajstić information content (AvgIpc) is 3.34. The molecule has 0 spiro atoms. The Bertz CT molecular complexity index is 990. The molecule has 0 unspecified atom stereocenters. The normalized spacial score (nSPS) is 13.8.